The van der Waals surface area contributed by atoms with Crippen molar-refractivity contribution in [3.8, 4) is 10.8 Å². The monoisotopic (exact) mass is 258 g/mol. The van der Waals surface area contributed by atoms with Gasteiger partial charge >= 0.3 is 0 Å². The number of halogens is 1. The minimum atomic E-state index is -0.769. The number of rotatable bonds is 1. The van der Waals surface area contributed by atoms with E-state index in [9.17, 15) is 5.11 Å². The lowest BCUT2D eigenvalue weighted by Crippen LogP contribution is -2.44. The van der Waals surface area contributed by atoms with Crippen LogP contribution in [-0.4, -0.2) is 10.7 Å². The zero-order valence-corrected chi connectivity index (χ0v) is 10.8. The van der Waals surface area contributed by atoms with E-state index < -0.39 is 5.60 Å². The van der Waals surface area contributed by atoms with Crippen molar-refractivity contribution in [3.63, 3.8) is 0 Å². The number of hydrogen-bond donors (Lipinski definition) is 1. The van der Waals surface area contributed by atoms with Crippen LogP contribution in [0, 0.1) is 28.5 Å². The topological polar surface area (TPSA) is 20.2 Å². The molecule has 1 rings (SSSR count). The smallest absolute Gasteiger partial charge is 0.129 e. The summed E-state index contributed by atoms with van der Waals surface area (Å²) in [6.07, 6.45) is 3.13. The quantitative estimate of drug-likeness (QED) is 0.717. The highest BCUT2D eigenvalue weighted by atomic mass is 79.9. The van der Waals surface area contributed by atoms with Crippen molar-refractivity contribution >= 4 is 15.9 Å². The molecule has 0 aromatic carbocycles. The molecule has 1 saturated carbocycles. The molecule has 0 amide bonds. The predicted octanol–water partition coefficient (Wildman–Crippen LogP) is 3.17. The highest BCUT2D eigenvalue weighted by Crippen LogP contribution is 2.40. The molecule has 0 spiro atoms. The van der Waals surface area contributed by atoms with Gasteiger partial charge < -0.3 is 5.11 Å². The Morgan fingerprint density at radius 3 is 2.57 bits per heavy atom. The van der Waals surface area contributed by atoms with Gasteiger partial charge in [0.25, 0.3) is 0 Å². The first kappa shape index (κ1) is 12.1. The van der Waals surface area contributed by atoms with Crippen molar-refractivity contribution < 1.29 is 5.11 Å². The second kappa shape index (κ2) is 4.68. The van der Waals surface area contributed by atoms with Gasteiger partial charge in [-0.15, -0.1) is 0 Å². The van der Waals surface area contributed by atoms with Crippen LogP contribution >= 0.6 is 15.9 Å². The van der Waals surface area contributed by atoms with Crippen LogP contribution in [0.2, 0.25) is 0 Å². The number of hydrogen-bond acceptors (Lipinski definition) is 1. The third-order valence-corrected chi connectivity index (χ3v) is 3.51. The Morgan fingerprint density at radius 1 is 1.43 bits per heavy atom. The Labute approximate surface area is 95.4 Å². The molecule has 1 nitrogen and oxygen atoms in total. The summed E-state index contributed by atoms with van der Waals surface area (Å²) in [4.78, 5) is 2.70. The van der Waals surface area contributed by atoms with E-state index in [4.69, 9.17) is 0 Å². The van der Waals surface area contributed by atoms with Crippen LogP contribution in [0.5, 0.6) is 0 Å². The zero-order valence-electron chi connectivity index (χ0n) is 9.18. The van der Waals surface area contributed by atoms with Crippen molar-refractivity contribution in [3.05, 3.63) is 0 Å². The third kappa shape index (κ3) is 2.52. The second-order valence-electron chi connectivity index (χ2n) is 4.88. The fourth-order valence-electron chi connectivity index (χ4n) is 2.60. The van der Waals surface area contributed by atoms with E-state index in [1.165, 1.54) is 6.42 Å². The summed E-state index contributed by atoms with van der Waals surface area (Å²) in [5, 5.41) is 10.5. The van der Waals surface area contributed by atoms with Gasteiger partial charge in [-0.1, -0.05) is 33.1 Å². The molecule has 80 valence electrons. The van der Waals surface area contributed by atoms with E-state index in [0.29, 0.717) is 17.8 Å². The van der Waals surface area contributed by atoms with Gasteiger partial charge in [-0.05, 0) is 29.5 Å². The normalized spacial score (nSPS) is 37.9. The molecule has 3 unspecified atom stereocenters. The fraction of sp³-hybridized carbons (Fsp3) is 0.833. The van der Waals surface area contributed by atoms with E-state index in [-0.39, 0.29) is 0 Å². The molecule has 0 aliphatic heterocycles. The van der Waals surface area contributed by atoms with Crippen molar-refractivity contribution in [2.75, 3.05) is 0 Å². The molecule has 0 saturated heterocycles. The lowest BCUT2D eigenvalue weighted by Gasteiger charge is -2.41. The highest BCUT2D eigenvalue weighted by molar-refractivity contribution is 9.12. The summed E-state index contributed by atoms with van der Waals surface area (Å²) in [6, 6.07) is 0. The summed E-state index contributed by atoms with van der Waals surface area (Å²) >= 11 is 3.10. The van der Waals surface area contributed by atoms with Crippen molar-refractivity contribution in [2.45, 2.75) is 45.6 Å². The largest absolute Gasteiger partial charge is 0.377 e. The zero-order chi connectivity index (χ0) is 10.8. The van der Waals surface area contributed by atoms with E-state index in [1.54, 1.807) is 0 Å². The van der Waals surface area contributed by atoms with Crippen molar-refractivity contribution in [1.82, 2.24) is 0 Å². The van der Waals surface area contributed by atoms with Crippen LogP contribution in [0.4, 0.5) is 0 Å². The SMILES string of the molecule is CC1CCC(C(C)C)C(O)(C#CBr)C1. The minimum absolute atomic E-state index is 0.323. The van der Waals surface area contributed by atoms with Crippen LogP contribution < -0.4 is 0 Å². The van der Waals surface area contributed by atoms with E-state index in [2.05, 4.69) is 47.5 Å². The van der Waals surface area contributed by atoms with Gasteiger partial charge in [0.1, 0.15) is 5.60 Å². The van der Waals surface area contributed by atoms with Gasteiger partial charge in [0.05, 0.1) is 0 Å². The average molecular weight is 259 g/mol. The van der Waals surface area contributed by atoms with Gasteiger partial charge in [-0.3, -0.25) is 0 Å². The predicted molar refractivity (Wildman–Crippen MR) is 63.0 cm³/mol. The Bertz CT molecular complexity index is 251. The van der Waals surface area contributed by atoms with Crippen molar-refractivity contribution in [1.29, 1.82) is 0 Å². The summed E-state index contributed by atoms with van der Waals surface area (Å²) in [7, 11) is 0. The molecule has 1 aliphatic carbocycles. The molecule has 1 aliphatic rings. The van der Waals surface area contributed by atoms with Gasteiger partial charge in [-0.25, -0.2) is 0 Å². The highest BCUT2D eigenvalue weighted by Gasteiger charge is 2.41. The summed E-state index contributed by atoms with van der Waals surface area (Å²) in [5.74, 6) is 4.36. The van der Waals surface area contributed by atoms with Gasteiger partial charge in [0, 0.05) is 21.8 Å². The molecule has 2 heteroatoms. The fourth-order valence-corrected chi connectivity index (χ4v) is 2.94. The lowest BCUT2D eigenvalue weighted by atomic mass is 9.67. The standard InChI is InChI=1S/C12H19BrO/c1-9(2)11-5-4-10(3)8-12(11,14)6-7-13/h9-11,14H,4-5,8H2,1-3H3. The molecule has 0 radical (unpaired) electrons. The Kier molecular flexibility index (Phi) is 4.04. The number of aliphatic hydroxyl groups is 1. The van der Waals surface area contributed by atoms with Crippen molar-refractivity contribution in [2.24, 2.45) is 17.8 Å². The molecule has 0 aromatic heterocycles. The van der Waals surface area contributed by atoms with Crippen LogP contribution in [0.25, 0.3) is 0 Å². The van der Waals surface area contributed by atoms with Crippen LogP contribution in [0.1, 0.15) is 40.0 Å². The summed E-state index contributed by atoms with van der Waals surface area (Å²) < 4.78 is 0. The first-order chi connectivity index (χ1) is 6.49. The van der Waals surface area contributed by atoms with E-state index in [0.717, 1.165) is 12.8 Å². The molecular weight excluding hydrogens is 240 g/mol. The first-order valence-corrected chi connectivity index (χ1v) is 6.14. The van der Waals surface area contributed by atoms with Crippen LogP contribution in [0.3, 0.4) is 0 Å². The second-order valence-corrected chi connectivity index (χ2v) is 5.28. The van der Waals surface area contributed by atoms with E-state index >= 15 is 0 Å². The third-order valence-electron chi connectivity index (χ3n) is 3.31. The average Bonchev–Trinajstić information content (AvgIpc) is 2.02. The molecule has 0 aromatic rings. The first-order valence-electron chi connectivity index (χ1n) is 5.34. The molecule has 3 atom stereocenters. The van der Waals surface area contributed by atoms with Gasteiger partial charge in [0.2, 0.25) is 0 Å². The minimum Gasteiger partial charge on any atom is -0.377 e. The molecule has 14 heavy (non-hydrogen) atoms. The maximum Gasteiger partial charge on any atom is 0.129 e. The Balaban J connectivity index is 2.86. The van der Waals surface area contributed by atoms with Gasteiger partial charge in [0.15, 0.2) is 0 Å². The summed E-state index contributed by atoms with van der Waals surface area (Å²) in [5.41, 5.74) is -0.769. The van der Waals surface area contributed by atoms with Crippen LogP contribution in [0.15, 0.2) is 0 Å². The molecule has 1 N–H and O–H groups in total. The lowest BCUT2D eigenvalue weighted by molar-refractivity contribution is -0.0325. The van der Waals surface area contributed by atoms with E-state index in [1.807, 2.05) is 0 Å². The van der Waals surface area contributed by atoms with Crippen LogP contribution in [-0.2, 0) is 0 Å². The molecular formula is C12H19BrO. The van der Waals surface area contributed by atoms with Gasteiger partial charge in [-0.2, -0.15) is 0 Å². The Hall–Kier alpha value is 0. The summed E-state index contributed by atoms with van der Waals surface area (Å²) in [6.45, 7) is 6.53. The Morgan fingerprint density at radius 2 is 2.07 bits per heavy atom. The maximum atomic E-state index is 10.5. The molecule has 0 heterocycles. The maximum absolute atomic E-state index is 10.5. The molecule has 0 bridgehead atoms. The molecule has 1 fully saturated rings.